The lowest BCUT2D eigenvalue weighted by Gasteiger charge is -2.25. The van der Waals surface area contributed by atoms with Gasteiger partial charge < -0.3 is 10.4 Å². The molecule has 2 N–H and O–H groups in total. The third-order valence-electron chi connectivity index (χ3n) is 3.63. The molecule has 2 aliphatic rings. The molecule has 2 saturated carbocycles. The van der Waals surface area contributed by atoms with Crippen LogP contribution in [-0.2, 0) is 9.59 Å². The van der Waals surface area contributed by atoms with Gasteiger partial charge in [-0.05, 0) is 37.5 Å². The van der Waals surface area contributed by atoms with Gasteiger partial charge in [-0.3, -0.25) is 9.59 Å². The summed E-state index contributed by atoms with van der Waals surface area (Å²) in [6.45, 7) is 0. The van der Waals surface area contributed by atoms with E-state index in [2.05, 4.69) is 5.32 Å². The molecule has 1 atom stereocenters. The van der Waals surface area contributed by atoms with Gasteiger partial charge in [0.25, 0.3) is 0 Å². The number of carbonyl (C=O) groups excluding carboxylic acids is 1. The van der Waals surface area contributed by atoms with Gasteiger partial charge in [0.2, 0.25) is 5.91 Å². The van der Waals surface area contributed by atoms with E-state index in [1.165, 1.54) is 6.42 Å². The summed E-state index contributed by atoms with van der Waals surface area (Å²) in [5.74, 6) is 0.176. The average Bonchev–Trinajstić information content (AvgIpc) is 2.92. The van der Waals surface area contributed by atoms with E-state index in [1.54, 1.807) is 0 Å². The summed E-state index contributed by atoms with van der Waals surface area (Å²) >= 11 is 0. The molecule has 0 spiro atoms. The monoisotopic (exact) mass is 225 g/mol. The van der Waals surface area contributed by atoms with Crippen molar-refractivity contribution in [2.45, 2.75) is 51.0 Å². The lowest BCUT2D eigenvalue weighted by atomic mass is 9.83. The third-order valence-corrected chi connectivity index (χ3v) is 3.63. The number of carboxylic acid groups (broad SMARTS) is 1. The van der Waals surface area contributed by atoms with Crippen LogP contribution in [0, 0.1) is 11.8 Å². The Morgan fingerprint density at radius 2 is 1.94 bits per heavy atom. The van der Waals surface area contributed by atoms with Gasteiger partial charge in [-0.1, -0.05) is 6.42 Å². The molecule has 0 saturated heterocycles. The predicted molar refractivity (Wildman–Crippen MR) is 58.9 cm³/mol. The Labute approximate surface area is 95.4 Å². The Kier molecular flexibility index (Phi) is 3.46. The molecule has 16 heavy (non-hydrogen) atoms. The molecule has 0 heterocycles. The van der Waals surface area contributed by atoms with E-state index in [0.29, 0.717) is 18.3 Å². The number of hydrogen-bond acceptors (Lipinski definition) is 2. The zero-order chi connectivity index (χ0) is 11.5. The van der Waals surface area contributed by atoms with E-state index >= 15 is 0 Å². The average molecular weight is 225 g/mol. The molecule has 0 radical (unpaired) electrons. The number of nitrogens with one attached hydrogen (secondary N) is 1. The molecule has 0 aromatic rings. The summed E-state index contributed by atoms with van der Waals surface area (Å²) in [5, 5.41) is 11.7. The highest BCUT2D eigenvalue weighted by molar-refractivity contribution is 5.77. The molecule has 0 aliphatic heterocycles. The van der Waals surface area contributed by atoms with Crippen molar-refractivity contribution in [3.8, 4) is 0 Å². The van der Waals surface area contributed by atoms with Gasteiger partial charge in [0.1, 0.15) is 0 Å². The van der Waals surface area contributed by atoms with Gasteiger partial charge in [0, 0.05) is 12.5 Å². The van der Waals surface area contributed by atoms with Gasteiger partial charge in [-0.2, -0.15) is 0 Å². The van der Waals surface area contributed by atoms with Crippen LogP contribution in [0.2, 0.25) is 0 Å². The van der Waals surface area contributed by atoms with Crippen LogP contribution in [0.4, 0.5) is 0 Å². The summed E-state index contributed by atoms with van der Waals surface area (Å²) in [4.78, 5) is 22.3. The van der Waals surface area contributed by atoms with E-state index in [-0.39, 0.29) is 18.4 Å². The van der Waals surface area contributed by atoms with Gasteiger partial charge in [0.05, 0.1) is 6.42 Å². The smallest absolute Gasteiger partial charge is 0.305 e. The Balaban J connectivity index is 1.74. The molecule has 1 unspecified atom stereocenters. The number of amides is 1. The second-order valence-electron chi connectivity index (χ2n) is 5.11. The van der Waals surface area contributed by atoms with Crippen molar-refractivity contribution >= 4 is 11.9 Å². The number of aliphatic carboxylic acids is 1. The predicted octanol–water partition coefficient (Wildman–Crippen LogP) is 1.55. The molecule has 2 fully saturated rings. The highest BCUT2D eigenvalue weighted by Crippen LogP contribution is 2.34. The first-order valence-electron chi connectivity index (χ1n) is 6.16. The van der Waals surface area contributed by atoms with E-state index in [4.69, 9.17) is 5.11 Å². The first-order chi connectivity index (χ1) is 7.65. The molecule has 0 aromatic heterocycles. The number of rotatable bonds is 6. The van der Waals surface area contributed by atoms with Crippen molar-refractivity contribution in [2.24, 2.45) is 11.8 Å². The van der Waals surface area contributed by atoms with Gasteiger partial charge >= 0.3 is 5.97 Å². The van der Waals surface area contributed by atoms with Crippen LogP contribution in [0.5, 0.6) is 0 Å². The van der Waals surface area contributed by atoms with Crippen LogP contribution in [-0.4, -0.2) is 23.0 Å². The van der Waals surface area contributed by atoms with Gasteiger partial charge in [0.15, 0.2) is 0 Å². The summed E-state index contributed by atoms with van der Waals surface area (Å²) in [5.41, 5.74) is 0. The highest BCUT2D eigenvalue weighted by atomic mass is 16.4. The quantitative estimate of drug-likeness (QED) is 0.720. The molecule has 90 valence electrons. The van der Waals surface area contributed by atoms with Gasteiger partial charge in [-0.25, -0.2) is 0 Å². The first-order valence-corrected chi connectivity index (χ1v) is 6.16. The maximum atomic E-state index is 11.7. The molecule has 0 bridgehead atoms. The Bertz CT molecular complexity index is 282. The fourth-order valence-corrected chi connectivity index (χ4v) is 2.25. The Morgan fingerprint density at radius 3 is 2.38 bits per heavy atom. The van der Waals surface area contributed by atoms with E-state index in [1.807, 2.05) is 0 Å². The minimum Gasteiger partial charge on any atom is -0.481 e. The van der Waals surface area contributed by atoms with Crippen molar-refractivity contribution in [3.05, 3.63) is 0 Å². The molecule has 4 nitrogen and oxygen atoms in total. The summed E-state index contributed by atoms with van der Waals surface area (Å²) < 4.78 is 0. The molecular weight excluding hydrogens is 206 g/mol. The molecule has 4 heteroatoms. The van der Waals surface area contributed by atoms with Crippen LogP contribution >= 0.6 is 0 Å². The van der Waals surface area contributed by atoms with E-state index in [9.17, 15) is 9.59 Å². The van der Waals surface area contributed by atoms with Crippen LogP contribution < -0.4 is 5.32 Å². The van der Waals surface area contributed by atoms with Crippen LogP contribution in [0.25, 0.3) is 0 Å². The standard InChI is InChI=1S/C12H19NO3/c14-11(6-8-2-1-3-8)13-10(7-12(15)16)9-4-5-9/h8-10H,1-7H2,(H,13,14)(H,15,16). The molecule has 2 rings (SSSR count). The number of carboxylic acids is 1. The molecule has 2 aliphatic carbocycles. The van der Waals surface area contributed by atoms with Gasteiger partial charge in [-0.15, -0.1) is 0 Å². The fraction of sp³-hybridized carbons (Fsp3) is 0.833. The van der Waals surface area contributed by atoms with Crippen molar-refractivity contribution in [2.75, 3.05) is 0 Å². The van der Waals surface area contributed by atoms with E-state index < -0.39 is 5.97 Å². The first kappa shape index (κ1) is 11.4. The third kappa shape index (κ3) is 3.22. The second kappa shape index (κ2) is 4.85. The summed E-state index contributed by atoms with van der Waals surface area (Å²) in [7, 11) is 0. The zero-order valence-corrected chi connectivity index (χ0v) is 9.45. The largest absolute Gasteiger partial charge is 0.481 e. The Hall–Kier alpha value is -1.06. The van der Waals surface area contributed by atoms with Crippen molar-refractivity contribution in [3.63, 3.8) is 0 Å². The lowest BCUT2D eigenvalue weighted by molar-refractivity contribution is -0.138. The van der Waals surface area contributed by atoms with Crippen molar-refractivity contribution in [1.29, 1.82) is 0 Å². The van der Waals surface area contributed by atoms with Crippen LogP contribution in [0.15, 0.2) is 0 Å². The van der Waals surface area contributed by atoms with Crippen molar-refractivity contribution in [1.82, 2.24) is 5.32 Å². The van der Waals surface area contributed by atoms with Crippen LogP contribution in [0.3, 0.4) is 0 Å². The molecular formula is C12H19NO3. The maximum absolute atomic E-state index is 11.7. The molecule has 1 amide bonds. The second-order valence-corrected chi connectivity index (χ2v) is 5.11. The van der Waals surface area contributed by atoms with Crippen molar-refractivity contribution < 1.29 is 14.7 Å². The molecule has 0 aromatic carbocycles. The SMILES string of the molecule is O=C(O)CC(NC(=O)CC1CCC1)C1CC1. The number of carbonyl (C=O) groups is 2. The Morgan fingerprint density at radius 1 is 1.25 bits per heavy atom. The normalized spacial score (nSPS) is 22.2. The maximum Gasteiger partial charge on any atom is 0.305 e. The topological polar surface area (TPSA) is 66.4 Å². The summed E-state index contributed by atoms with van der Waals surface area (Å²) in [6.07, 6.45) is 6.31. The lowest BCUT2D eigenvalue weighted by Crippen LogP contribution is -2.39. The fourth-order valence-electron chi connectivity index (χ4n) is 2.25. The van der Waals surface area contributed by atoms with E-state index in [0.717, 1.165) is 25.7 Å². The van der Waals surface area contributed by atoms with Crippen LogP contribution in [0.1, 0.15) is 44.9 Å². The highest BCUT2D eigenvalue weighted by Gasteiger charge is 2.34. The zero-order valence-electron chi connectivity index (χ0n) is 9.45. The minimum atomic E-state index is -0.819. The summed E-state index contributed by atoms with van der Waals surface area (Å²) in [6, 6.07) is -0.134. The number of hydrogen-bond donors (Lipinski definition) is 2. The minimum absolute atomic E-state index is 0.0443.